The minimum Gasteiger partial charge on any atom is -0.352 e. The lowest BCUT2D eigenvalue weighted by Crippen LogP contribution is -2.21. The van der Waals surface area contributed by atoms with Crippen LogP contribution in [0.3, 0.4) is 0 Å². The third-order valence-corrected chi connectivity index (χ3v) is 3.55. The van der Waals surface area contributed by atoms with Crippen molar-refractivity contribution in [2.45, 2.75) is 46.1 Å². The Hall–Kier alpha value is -1.91. The summed E-state index contributed by atoms with van der Waals surface area (Å²) in [4.78, 5) is 15.9. The highest BCUT2D eigenvalue weighted by Crippen LogP contribution is 2.22. The van der Waals surface area contributed by atoms with E-state index in [2.05, 4.69) is 48.6 Å². The normalized spacial score (nSPS) is 11.4. The van der Waals surface area contributed by atoms with Crippen LogP contribution in [-0.4, -0.2) is 26.6 Å². The maximum absolute atomic E-state index is 4.70. The summed E-state index contributed by atoms with van der Waals surface area (Å²) >= 11 is 0. The smallest absolute Gasteiger partial charge is 0.133 e. The first-order valence-corrected chi connectivity index (χ1v) is 7.44. The van der Waals surface area contributed by atoms with Gasteiger partial charge in [-0.3, -0.25) is 0 Å². The van der Waals surface area contributed by atoms with Crippen LogP contribution in [0.15, 0.2) is 18.5 Å². The molecule has 0 saturated heterocycles. The van der Waals surface area contributed by atoms with Crippen LogP contribution in [0.25, 0.3) is 0 Å². The Morgan fingerprint density at radius 3 is 2.38 bits per heavy atom. The predicted molar refractivity (Wildman–Crippen MR) is 85.5 cm³/mol. The van der Waals surface area contributed by atoms with Crippen molar-refractivity contribution in [2.75, 3.05) is 11.9 Å². The fourth-order valence-corrected chi connectivity index (χ4v) is 2.06. The average Bonchev–Trinajstić information content (AvgIpc) is 2.83. The number of hydrogen-bond acceptors (Lipinski definition) is 4. The zero-order valence-corrected chi connectivity index (χ0v) is 13.8. The van der Waals surface area contributed by atoms with Crippen molar-refractivity contribution < 1.29 is 0 Å². The van der Waals surface area contributed by atoms with Gasteiger partial charge in [0.15, 0.2) is 0 Å². The molecule has 21 heavy (non-hydrogen) atoms. The zero-order valence-electron chi connectivity index (χ0n) is 13.8. The first kappa shape index (κ1) is 15.5. The van der Waals surface area contributed by atoms with Crippen LogP contribution >= 0.6 is 0 Å². The minimum absolute atomic E-state index is 0.323. The summed E-state index contributed by atoms with van der Waals surface area (Å²) in [7, 11) is 4.06. The molecule has 0 fully saturated rings. The van der Waals surface area contributed by atoms with Gasteiger partial charge >= 0.3 is 0 Å². The van der Waals surface area contributed by atoms with Gasteiger partial charge in [-0.25, -0.2) is 15.0 Å². The van der Waals surface area contributed by atoms with Crippen molar-refractivity contribution in [1.82, 2.24) is 19.5 Å². The largest absolute Gasteiger partial charge is 0.352 e. The lowest BCUT2D eigenvalue weighted by Gasteiger charge is -2.20. The number of aryl methyl sites for hydroxylation is 1. The summed E-state index contributed by atoms with van der Waals surface area (Å²) in [6.07, 6.45) is 3.78. The van der Waals surface area contributed by atoms with Gasteiger partial charge in [0.1, 0.15) is 17.5 Å². The van der Waals surface area contributed by atoms with E-state index in [1.54, 1.807) is 0 Å². The second kappa shape index (κ2) is 6.24. The molecule has 0 amide bonds. The van der Waals surface area contributed by atoms with Gasteiger partial charge in [-0.2, -0.15) is 0 Å². The maximum Gasteiger partial charge on any atom is 0.133 e. The van der Waals surface area contributed by atoms with Crippen molar-refractivity contribution in [3.63, 3.8) is 0 Å². The number of imidazole rings is 1. The van der Waals surface area contributed by atoms with E-state index in [0.29, 0.717) is 11.8 Å². The molecule has 0 aliphatic heterocycles. The van der Waals surface area contributed by atoms with Gasteiger partial charge < -0.3 is 9.47 Å². The molecule has 2 rings (SSSR count). The molecule has 5 heteroatoms. The van der Waals surface area contributed by atoms with Crippen LogP contribution in [0.2, 0.25) is 0 Å². The zero-order chi connectivity index (χ0) is 15.6. The molecule has 2 aromatic heterocycles. The molecule has 2 aromatic rings. The fraction of sp³-hybridized carbons (Fsp3) is 0.562. The first-order chi connectivity index (χ1) is 9.88. The first-order valence-electron chi connectivity index (χ1n) is 7.44. The molecule has 0 aromatic carbocycles. The van der Waals surface area contributed by atoms with Crippen molar-refractivity contribution >= 4 is 5.82 Å². The van der Waals surface area contributed by atoms with Gasteiger partial charge in [0.25, 0.3) is 0 Å². The Bertz CT molecular complexity index is 574. The van der Waals surface area contributed by atoms with Crippen molar-refractivity contribution in [3.05, 3.63) is 35.8 Å². The van der Waals surface area contributed by atoms with E-state index in [1.165, 1.54) is 0 Å². The molecular formula is C16H25N5. The van der Waals surface area contributed by atoms with Crippen molar-refractivity contribution in [2.24, 2.45) is 7.05 Å². The van der Waals surface area contributed by atoms with E-state index in [4.69, 9.17) is 4.98 Å². The molecule has 2 heterocycles. The topological polar surface area (TPSA) is 46.8 Å². The van der Waals surface area contributed by atoms with Gasteiger partial charge in [0.05, 0.1) is 6.54 Å². The Labute approximate surface area is 127 Å². The summed E-state index contributed by atoms with van der Waals surface area (Å²) in [5.41, 5.74) is 1.09. The summed E-state index contributed by atoms with van der Waals surface area (Å²) in [5, 5.41) is 0. The SMILES string of the molecule is CC(C)c1cc(N(C)Cc2nccn2C)nc(C(C)C)n1. The molecule has 0 bridgehead atoms. The van der Waals surface area contributed by atoms with E-state index in [-0.39, 0.29) is 0 Å². The van der Waals surface area contributed by atoms with Crippen LogP contribution in [0.4, 0.5) is 5.82 Å². The summed E-state index contributed by atoms with van der Waals surface area (Å²) in [5.74, 6) is 3.60. The standard InChI is InChI=1S/C16H25N5/c1-11(2)13-9-14(19-16(18-13)12(3)4)21(6)10-15-17-7-8-20(15)5/h7-9,11-12H,10H2,1-6H3. The number of hydrogen-bond donors (Lipinski definition) is 0. The maximum atomic E-state index is 4.70. The van der Waals surface area contributed by atoms with Crippen LogP contribution in [0.5, 0.6) is 0 Å². The molecular weight excluding hydrogens is 262 g/mol. The molecule has 114 valence electrons. The lowest BCUT2D eigenvalue weighted by molar-refractivity contribution is 0.710. The second-order valence-corrected chi connectivity index (χ2v) is 6.13. The molecule has 0 aliphatic carbocycles. The van der Waals surface area contributed by atoms with Crippen LogP contribution < -0.4 is 4.90 Å². The van der Waals surface area contributed by atoms with E-state index in [0.717, 1.165) is 29.7 Å². The van der Waals surface area contributed by atoms with Gasteiger partial charge in [0, 0.05) is 44.2 Å². The van der Waals surface area contributed by atoms with Gasteiger partial charge in [-0.15, -0.1) is 0 Å². The highest BCUT2D eigenvalue weighted by molar-refractivity contribution is 5.40. The van der Waals surface area contributed by atoms with E-state index in [9.17, 15) is 0 Å². The quantitative estimate of drug-likeness (QED) is 0.848. The summed E-state index contributed by atoms with van der Waals surface area (Å²) < 4.78 is 2.03. The van der Waals surface area contributed by atoms with E-state index in [1.807, 2.05) is 31.1 Å². The van der Waals surface area contributed by atoms with Gasteiger partial charge in [-0.1, -0.05) is 27.7 Å². The Kier molecular flexibility index (Phi) is 4.60. The predicted octanol–water partition coefficient (Wildman–Crippen LogP) is 3.09. The minimum atomic E-state index is 0.323. The number of anilines is 1. The van der Waals surface area contributed by atoms with Crippen molar-refractivity contribution in [3.8, 4) is 0 Å². The summed E-state index contributed by atoms with van der Waals surface area (Å²) in [6, 6.07) is 2.08. The molecule has 0 spiro atoms. The molecule has 0 radical (unpaired) electrons. The van der Waals surface area contributed by atoms with Crippen LogP contribution in [0.1, 0.15) is 56.9 Å². The summed E-state index contributed by atoms with van der Waals surface area (Å²) in [6.45, 7) is 9.31. The third kappa shape index (κ3) is 3.60. The Balaban J connectivity index is 2.31. The average molecular weight is 287 g/mol. The third-order valence-electron chi connectivity index (χ3n) is 3.55. The van der Waals surface area contributed by atoms with E-state index < -0.39 is 0 Å². The number of nitrogens with zero attached hydrogens (tertiary/aromatic N) is 5. The highest BCUT2D eigenvalue weighted by Gasteiger charge is 2.14. The second-order valence-electron chi connectivity index (χ2n) is 6.13. The fourth-order valence-electron chi connectivity index (χ4n) is 2.06. The Morgan fingerprint density at radius 2 is 1.86 bits per heavy atom. The molecule has 0 N–H and O–H groups in total. The lowest BCUT2D eigenvalue weighted by atomic mass is 10.1. The molecule has 0 saturated carbocycles. The van der Waals surface area contributed by atoms with Crippen LogP contribution in [0, 0.1) is 0 Å². The molecule has 0 aliphatic rings. The highest BCUT2D eigenvalue weighted by atomic mass is 15.2. The Morgan fingerprint density at radius 1 is 1.14 bits per heavy atom. The number of rotatable bonds is 5. The van der Waals surface area contributed by atoms with E-state index >= 15 is 0 Å². The molecule has 0 unspecified atom stereocenters. The molecule has 5 nitrogen and oxygen atoms in total. The monoisotopic (exact) mass is 287 g/mol. The van der Waals surface area contributed by atoms with Gasteiger partial charge in [0.2, 0.25) is 0 Å². The number of aromatic nitrogens is 4. The van der Waals surface area contributed by atoms with Gasteiger partial charge in [-0.05, 0) is 5.92 Å². The molecule has 0 atom stereocenters. The van der Waals surface area contributed by atoms with Crippen molar-refractivity contribution in [1.29, 1.82) is 0 Å². The van der Waals surface area contributed by atoms with Crippen LogP contribution in [-0.2, 0) is 13.6 Å².